The molecule has 0 saturated carbocycles. The summed E-state index contributed by atoms with van der Waals surface area (Å²) in [5.41, 5.74) is 9.76. The van der Waals surface area contributed by atoms with Gasteiger partial charge in [0.15, 0.2) is 0 Å². The molecule has 0 radical (unpaired) electrons. The molecule has 0 aliphatic carbocycles. The van der Waals surface area contributed by atoms with Crippen molar-refractivity contribution in [3.05, 3.63) is 53.6 Å². The number of benzene rings is 2. The molecular formula is C17H18N2O2. The predicted octanol–water partition coefficient (Wildman–Crippen LogP) is 2.76. The largest absolute Gasteiger partial charge is 0.497 e. The van der Waals surface area contributed by atoms with Crippen LogP contribution >= 0.6 is 0 Å². The summed E-state index contributed by atoms with van der Waals surface area (Å²) < 4.78 is 5.16. The van der Waals surface area contributed by atoms with E-state index in [2.05, 4.69) is 0 Å². The Balaban J connectivity index is 1.89. The first-order valence-corrected chi connectivity index (χ1v) is 6.99. The molecule has 0 unspecified atom stereocenters. The SMILES string of the molecule is COc1ccc(CN2C(=O)CCc3cc(N)ccc32)cc1. The molecular weight excluding hydrogens is 264 g/mol. The molecule has 0 bridgehead atoms. The number of aryl methyl sites for hydroxylation is 1. The maximum absolute atomic E-state index is 12.2. The fourth-order valence-corrected chi connectivity index (χ4v) is 2.67. The minimum atomic E-state index is 0.156. The van der Waals surface area contributed by atoms with Gasteiger partial charge in [-0.1, -0.05) is 12.1 Å². The predicted molar refractivity (Wildman–Crippen MR) is 83.4 cm³/mol. The van der Waals surface area contributed by atoms with Gasteiger partial charge in [-0.25, -0.2) is 0 Å². The minimum absolute atomic E-state index is 0.156. The Morgan fingerprint density at radius 3 is 2.62 bits per heavy atom. The highest BCUT2D eigenvalue weighted by Gasteiger charge is 2.24. The molecule has 0 spiro atoms. The topological polar surface area (TPSA) is 55.6 Å². The van der Waals surface area contributed by atoms with Gasteiger partial charge in [0.1, 0.15) is 5.75 Å². The third-order valence-electron chi connectivity index (χ3n) is 3.80. The zero-order valence-corrected chi connectivity index (χ0v) is 12.0. The second-order valence-corrected chi connectivity index (χ2v) is 5.22. The zero-order valence-electron chi connectivity index (χ0n) is 12.0. The average molecular weight is 282 g/mol. The van der Waals surface area contributed by atoms with Gasteiger partial charge in [-0.05, 0) is 47.9 Å². The van der Waals surface area contributed by atoms with E-state index in [1.165, 1.54) is 0 Å². The summed E-state index contributed by atoms with van der Waals surface area (Å²) >= 11 is 0. The van der Waals surface area contributed by atoms with E-state index < -0.39 is 0 Å². The van der Waals surface area contributed by atoms with Crippen LogP contribution in [0.25, 0.3) is 0 Å². The summed E-state index contributed by atoms with van der Waals surface area (Å²) in [6.07, 6.45) is 1.30. The van der Waals surface area contributed by atoms with E-state index in [0.717, 1.165) is 34.7 Å². The summed E-state index contributed by atoms with van der Waals surface area (Å²) in [6.45, 7) is 0.569. The molecule has 1 amide bonds. The number of nitrogen functional groups attached to an aromatic ring is 1. The van der Waals surface area contributed by atoms with E-state index >= 15 is 0 Å². The van der Waals surface area contributed by atoms with Crippen molar-refractivity contribution >= 4 is 17.3 Å². The van der Waals surface area contributed by atoms with Crippen molar-refractivity contribution < 1.29 is 9.53 Å². The maximum Gasteiger partial charge on any atom is 0.227 e. The normalized spacial score (nSPS) is 14.0. The molecule has 0 atom stereocenters. The quantitative estimate of drug-likeness (QED) is 0.881. The highest BCUT2D eigenvalue weighted by atomic mass is 16.5. The van der Waals surface area contributed by atoms with E-state index in [1.54, 1.807) is 7.11 Å². The van der Waals surface area contributed by atoms with Crippen LogP contribution in [0.5, 0.6) is 5.75 Å². The summed E-state index contributed by atoms with van der Waals surface area (Å²) in [6, 6.07) is 13.5. The number of ether oxygens (including phenoxy) is 1. The lowest BCUT2D eigenvalue weighted by Crippen LogP contribution is -2.34. The molecule has 0 aromatic heterocycles. The number of rotatable bonds is 3. The fraction of sp³-hybridized carbons (Fsp3) is 0.235. The van der Waals surface area contributed by atoms with E-state index in [4.69, 9.17) is 10.5 Å². The number of methoxy groups -OCH3 is 1. The van der Waals surface area contributed by atoms with Gasteiger partial charge in [0.05, 0.1) is 13.7 Å². The Hall–Kier alpha value is -2.49. The molecule has 2 N–H and O–H groups in total. The van der Waals surface area contributed by atoms with Crippen LogP contribution in [-0.2, 0) is 17.8 Å². The number of fused-ring (bicyclic) bond motifs is 1. The first-order chi connectivity index (χ1) is 10.2. The maximum atomic E-state index is 12.2. The van der Waals surface area contributed by atoms with Gasteiger partial charge in [-0.15, -0.1) is 0 Å². The van der Waals surface area contributed by atoms with Crippen LogP contribution in [-0.4, -0.2) is 13.0 Å². The Kier molecular flexibility index (Phi) is 3.52. The second kappa shape index (κ2) is 5.48. The number of nitrogens with zero attached hydrogens (tertiary/aromatic N) is 1. The molecule has 21 heavy (non-hydrogen) atoms. The molecule has 4 nitrogen and oxygen atoms in total. The third kappa shape index (κ3) is 2.70. The van der Waals surface area contributed by atoms with Gasteiger partial charge in [0.25, 0.3) is 0 Å². The van der Waals surface area contributed by atoms with Crippen LogP contribution in [0.1, 0.15) is 17.5 Å². The van der Waals surface area contributed by atoms with Gasteiger partial charge in [-0.2, -0.15) is 0 Å². The van der Waals surface area contributed by atoms with Crippen molar-refractivity contribution in [1.82, 2.24) is 0 Å². The van der Waals surface area contributed by atoms with Crippen molar-refractivity contribution in [2.75, 3.05) is 17.7 Å². The summed E-state index contributed by atoms with van der Waals surface area (Å²) in [7, 11) is 1.64. The van der Waals surface area contributed by atoms with Gasteiger partial charge >= 0.3 is 0 Å². The number of hydrogen-bond acceptors (Lipinski definition) is 3. The first kappa shape index (κ1) is 13.5. The Labute approximate surface area is 124 Å². The van der Waals surface area contributed by atoms with Crippen LogP contribution in [0.3, 0.4) is 0 Å². The molecule has 1 heterocycles. The molecule has 0 fully saturated rings. The molecule has 108 valence electrons. The number of hydrogen-bond donors (Lipinski definition) is 1. The molecule has 0 saturated heterocycles. The average Bonchev–Trinajstić information content (AvgIpc) is 2.51. The Morgan fingerprint density at radius 2 is 1.90 bits per heavy atom. The monoisotopic (exact) mass is 282 g/mol. The molecule has 1 aliphatic heterocycles. The van der Waals surface area contributed by atoms with Crippen LogP contribution in [0.15, 0.2) is 42.5 Å². The van der Waals surface area contributed by atoms with E-state index in [0.29, 0.717) is 13.0 Å². The van der Waals surface area contributed by atoms with Gasteiger partial charge in [-0.3, -0.25) is 4.79 Å². The van der Waals surface area contributed by atoms with Crippen LogP contribution < -0.4 is 15.4 Å². The number of carbonyl (C=O) groups is 1. The van der Waals surface area contributed by atoms with E-state index in [-0.39, 0.29) is 5.91 Å². The summed E-state index contributed by atoms with van der Waals surface area (Å²) in [5.74, 6) is 0.972. The number of amides is 1. The van der Waals surface area contributed by atoms with Crippen LogP contribution in [0, 0.1) is 0 Å². The fourth-order valence-electron chi connectivity index (χ4n) is 2.67. The lowest BCUT2D eigenvalue weighted by molar-refractivity contribution is -0.119. The standard InChI is InChI=1S/C17H18N2O2/c1-21-15-6-2-12(3-7-15)11-19-16-8-5-14(18)10-13(16)4-9-17(19)20/h2-3,5-8,10H,4,9,11,18H2,1H3. The second-order valence-electron chi connectivity index (χ2n) is 5.22. The Bertz CT molecular complexity index is 665. The van der Waals surface area contributed by atoms with Crippen molar-refractivity contribution in [2.24, 2.45) is 0 Å². The highest BCUT2D eigenvalue weighted by molar-refractivity contribution is 5.96. The number of nitrogens with two attached hydrogens (primary N) is 1. The first-order valence-electron chi connectivity index (χ1n) is 6.99. The minimum Gasteiger partial charge on any atom is -0.497 e. The van der Waals surface area contributed by atoms with Gasteiger partial charge in [0.2, 0.25) is 5.91 Å². The molecule has 3 rings (SSSR count). The van der Waals surface area contributed by atoms with Crippen LogP contribution in [0.4, 0.5) is 11.4 Å². The van der Waals surface area contributed by atoms with Crippen molar-refractivity contribution in [1.29, 1.82) is 0 Å². The van der Waals surface area contributed by atoms with Gasteiger partial charge < -0.3 is 15.4 Å². The zero-order chi connectivity index (χ0) is 14.8. The number of anilines is 2. The molecule has 1 aliphatic rings. The number of carbonyl (C=O) groups excluding carboxylic acids is 1. The molecule has 2 aromatic carbocycles. The third-order valence-corrected chi connectivity index (χ3v) is 3.80. The van der Waals surface area contributed by atoms with Crippen molar-refractivity contribution in [2.45, 2.75) is 19.4 Å². The van der Waals surface area contributed by atoms with E-state index in [9.17, 15) is 4.79 Å². The summed E-state index contributed by atoms with van der Waals surface area (Å²) in [4.78, 5) is 14.1. The smallest absolute Gasteiger partial charge is 0.227 e. The highest BCUT2D eigenvalue weighted by Crippen LogP contribution is 2.30. The lowest BCUT2D eigenvalue weighted by atomic mass is 10.00. The van der Waals surface area contributed by atoms with Crippen molar-refractivity contribution in [3.63, 3.8) is 0 Å². The molecule has 2 aromatic rings. The lowest BCUT2D eigenvalue weighted by Gasteiger charge is -2.29. The Morgan fingerprint density at radius 1 is 1.14 bits per heavy atom. The van der Waals surface area contributed by atoms with E-state index in [1.807, 2.05) is 47.4 Å². The molecule has 4 heteroatoms. The van der Waals surface area contributed by atoms with Crippen molar-refractivity contribution in [3.8, 4) is 5.75 Å². The van der Waals surface area contributed by atoms with Gasteiger partial charge in [0, 0.05) is 17.8 Å². The summed E-state index contributed by atoms with van der Waals surface area (Å²) in [5, 5.41) is 0. The van der Waals surface area contributed by atoms with Crippen LogP contribution in [0.2, 0.25) is 0 Å².